The summed E-state index contributed by atoms with van der Waals surface area (Å²) in [4.78, 5) is 66.3. The number of hydrogen-bond donors (Lipinski definition) is 5. The monoisotopic (exact) mass is 643 g/mol. The highest BCUT2D eigenvalue weighted by molar-refractivity contribution is 5.93. The van der Waals surface area contributed by atoms with Crippen LogP contribution < -0.4 is 21.7 Å². The number of likely N-dealkylation sites (tertiary alicyclic amines) is 1. The Hall–Kier alpha value is -5.23. The van der Waals surface area contributed by atoms with Crippen molar-refractivity contribution in [2.45, 2.75) is 69.5 Å². The minimum Gasteiger partial charge on any atom is -0.445 e. The lowest BCUT2D eigenvalue weighted by Gasteiger charge is -2.31. The van der Waals surface area contributed by atoms with Gasteiger partial charge in [-0.05, 0) is 42.9 Å². The molecule has 0 radical (unpaired) electrons. The number of aliphatic hydroxyl groups excluding tert-OH is 1. The number of alkyl carbamates (subject to hydrolysis) is 1. The van der Waals surface area contributed by atoms with Gasteiger partial charge in [-0.25, -0.2) is 4.79 Å². The average Bonchev–Trinajstić information content (AvgIpc) is 3.57. The summed E-state index contributed by atoms with van der Waals surface area (Å²) < 4.78 is 5.20. The number of carbonyl (C=O) groups excluding carboxylic acids is 5. The lowest BCUT2D eigenvalue weighted by atomic mass is 9.99. The van der Waals surface area contributed by atoms with Gasteiger partial charge >= 0.3 is 6.09 Å². The van der Waals surface area contributed by atoms with Crippen LogP contribution in [0.4, 0.5) is 4.79 Å². The van der Waals surface area contributed by atoms with Crippen LogP contribution in [0, 0.1) is 0 Å². The van der Waals surface area contributed by atoms with Gasteiger partial charge in [0, 0.05) is 6.54 Å². The molecule has 5 atom stereocenters. The number of primary amides is 1. The molecule has 0 bridgehead atoms. The summed E-state index contributed by atoms with van der Waals surface area (Å²) in [7, 11) is 0. The van der Waals surface area contributed by atoms with Crippen LogP contribution in [0.2, 0.25) is 0 Å². The molecule has 0 unspecified atom stereocenters. The van der Waals surface area contributed by atoms with Crippen LogP contribution in [0.15, 0.2) is 91.0 Å². The molecule has 4 rings (SSSR count). The van der Waals surface area contributed by atoms with Gasteiger partial charge in [0.25, 0.3) is 5.91 Å². The zero-order valence-electron chi connectivity index (χ0n) is 26.2. The molecule has 12 heteroatoms. The number of rotatable bonds is 14. The van der Waals surface area contributed by atoms with Crippen LogP contribution in [-0.4, -0.2) is 70.5 Å². The second-order valence-corrected chi connectivity index (χ2v) is 11.5. The van der Waals surface area contributed by atoms with Crippen LogP contribution >= 0.6 is 0 Å². The Labute approximate surface area is 273 Å². The second-order valence-electron chi connectivity index (χ2n) is 11.5. The first-order valence-electron chi connectivity index (χ1n) is 15.6. The Kier molecular flexibility index (Phi) is 12.5. The van der Waals surface area contributed by atoms with Gasteiger partial charge in [-0.3, -0.25) is 19.2 Å². The van der Waals surface area contributed by atoms with Crippen LogP contribution in [0.3, 0.4) is 0 Å². The van der Waals surface area contributed by atoms with E-state index in [0.717, 1.165) is 5.56 Å². The summed E-state index contributed by atoms with van der Waals surface area (Å²) >= 11 is 0. The first-order chi connectivity index (χ1) is 22.6. The molecule has 3 aromatic rings. The Morgan fingerprint density at radius 1 is 0.872 bits per heavy atom. The zero-order valence-corrected chi connectivity index (χ0v) is 26.2. The van der Waals surface area contributed by atoms with Crippen LogP contribution in [-0.2, 0) is 36.9 Å². The topological polar surface area (TPSA) is 180 Å². The fourth-order valence-corrected chi connectivity index (χ4v) is 5.49. The molecule has 47 heavy (non-hydrogen) atoms. The summed E-state index contributed by atoms with van der Waals surface area (Å²) in [6.07, 6.45) is -2.25. The van der Waals surface area contributed by atoms with E-state index < -0.39 is 54.5 Å². The maximum Gasteiger partial charge on any atom is 0.408 e. The van der Waals surface area contributed by atoms with Crippen molar-refractivity contribution in [3.8, 4) is 0 Å². The van der Waals surface area contributed by atoms with Crippen molar-refractivity contribution in [1.82, 2.24) is 20.9 Å². The molecular formula is C35H41N5O7. The van der Waals surface area contributed by atoms with Gasteiger partial charge in [0.1, 0.15) is 18.7 Å². The van der Waals surface area contributed by atoms with Gasteiger partial charge in [0.15, 0.2) is 6.10 Å². The third-order valence-electron chi connectivity index (χ3n) is 7.98. The maximum atomic E-state index is 13.8. The van der Waals surface area contributed by atoms with E-state index in [-0.39, 0.29) is 31.5 Å². The van der Waals surface area contributed by atoms with E-state index in [1.54, 1.807) is 54.6 Å². The molecule has 6 N–H and O–H groups in total. The first kappa shape index (κ1) is 34.6. The van der Waals surface area contributed by atoms with Crippen molar-refractivity contribution < 1.29 is 33.8 Å². The molecule has 1 heterocycles. The Bertz CT molecular complexity index is 1510. The summed E-state index contributed by atoms with van der Waals surface area (Å²) in [5.41, 5.74) is 7.70. The van der Waals surface area contributed by atoms with E-state index in [9.17, 15) is 29.1 Å². The molecule has 0 aliphatic carbocycles. The summed E-state index contributed by atoms with van der Waals surface area (Å²) in [5, 5.41) is 19.4. The normalized spacial score (nSPS) is 16.6. The average molecular weight is 644 g/mol. The van der Waals surface area contributed by atoms with E-state index >= 15 is 0 Å². The van der Waals surface area contributed by atoms with E-state index in [0.29, 0.717) is 24.0 Å². The van der Waals surface area contributed by atoms with Crippen molar-refractivity contribution in [3.05, 3.63) is 108 Å². The molecule has 0 saturated carbocycles. The number of carbonyl (C=O) groups is 5. The Balaban J connectivity index is 1.47. The summed E-state index contributed by atoms with van der Waals surface area (Å²) in [6, 6.07) is 23.5. The molecule has 248 valence electrons. The number of nitrogens with two attached hydrogens (primary N) is 1. The van der Waals surface area contributed by atoms with Crippen molar-refractivity contribution in [3.63, 3.8) is 0 Å². The number of amides is 5. The Morgan fingerprint density at radius 3 is 2.09 bits per heavy atom. The molecule has 3 aromatic carbocycles. The predicted octanol–water partition coefficient (Wildman–Crippen LogP) is 2.11. The van der Waals surface area contributed by atoms with Crippen molar-refractivity contribution >= 4 is 29.7 Å². The number of aliphatic hydroxyl groups is 1. The molecule has 5 amide bonds. The lowest BCUT2D eigenvalue weighted by Crippen LogP contribution is -2.58. The minimum atomic E-state index is -1.75. The SMILES string of the molecule is C[C@@H](NC(=O)[C@@H]1CCCN1C(=O)[C@@H](O)[C@H](Cc1ccccc1)NC(=O)[C@H](CC(N)=O)NC(=O)OCc1ccccc1)c1ccccc1. The lowest BCUT2D eigenvalue weighted by molar-refractivity contribution is -0.147. The number of benzene rings is 3. The molecule has 1 aliphatic rings. The van der Waals surface area contributed by atoms with Crippen molar-refractivity contribution in [2.24, 2.45) is 5.73 Å². The van der Waals surface area contributed by atoms with Gasteiger partial charge in [-0.15, -0.1) is 0 Å². The second kappa shape index (κ2) is 16.9. The fraction of sp³-hybridized carbons (Fsp3) is 0.343. The molecule has 0 aromatic heterocycles. The first-order valence-corrected chi connectivity index (χ1v) is 15.6. The Morgan fingerprint density at radius 2 is 1.47 bits per heavy atom. The van der Waals surface area contributed by atoms with E-state index in [2.05, 4.69) is 16.0 Å². The molecule has 0 spiro atoms. The minimum absolute atomic E-state index is 0.0387. The maximum absolute atomic E-state index is 13.8. The molecule has 12 nitrogen and oxygen atoms in total. The number of nitrogens with one attached hydrogen (secondary N) is 3. The third kappa shape index (κ3) is 10.1. The van der Waals surface area contributed by atoms with Gasteiger partial charge < -0.3 is 36.4 Å². The standard InChI is InChI=1S/C35H41N5O7/c1-23(26-16-9-4-10-17-26)37-33(44)29-18-11-19-40(29)34(45)31(42)27(20-24-12-5-2-6-13-24)38-32(43)28(21-30(36)41)39-35(46)47-22-25-14-7-3-8-15-25/h2-10,12-17,23,27-29,31,42H,11,18-22H2,1H3,(H2,36,41)(H,37,44)(H,38,43)(H,39,46)/t23-,27+,28+,29+,31+/m1/s1. The van der Waals surface area contributed by atoms with E-state index in [1.165, 1.54) is 4.90 Å². The highest BCUT2D eigenvalue weighted by Crippen LogP contribution is 2.22. The summed E-state index contributed by atoms with van der Waals surface area (Å²) in [6.45, 7) is 2.03. The van der Waals surface area contributed by atoms with Gasteiger partial charge in [-0.2, -0.15) is 0 Å². The zero-order chi connectivity index (χ0) is 33.8. The number of hydrogen-bond acceptors (Lipinski definition) is 7. The quantitative estimate of drug-likeness (QED) is 0.178. The molecule has 1 saturated heterocycles. The largest absolute Gasteiger partial charge is 0.445 e. The van der Waals surface area contributed by atoms with Gasteiger partial charge in [0.05, 0.1) is 18.5 Å². The van der Waals surface area contributed by atoms with Gasteiger partial charge in [0.2, 0.25) is 17.7 Å². The molecule has 1 fully saturated rings. The predicted molar refractivity (Wildman–Crippen MR) is 173 cm³/mol. The van der Waals surface area contributed by atoms with E-state index in [1.807, 2.05) is 43.3 Å². The summed E-state index contributed by atoms with van der Waals surface area (Å²) in [5.74, 6) is -2.78. The van der Waals surface area contributed by atoms with E-state index in [4.69, 9.17) is 10.5 Å². The van der Waals surface area contributed by atoms with Crippen LogP contribution in [0.25, 0.3) is 0 Å². The molecule has 1 aliphatic heterocycles. The van der Waals surface area contributed by atoms with Crippen molar-refractivity contribution in [1.29, 1.82) is 0 Å². The number of ether oxygens (including phenoxy) is 1. The smallest absolute Gasteiger partial charge is 0.408 e. The van der Waals surface area contributed by atoms with Crippen LogP contribution in [0.5, 0.6) is 0 Å². The van der Waals surface area contributed by atoms with Crippen molar-refractivity contribution in [2.75, 3.05) is 6.54 Å². The molecular weight excluding hydrogens is 602 g/mol. The highest BCUT2D eigenvalue weighted by atomic mass is 16.5. The third-order valence-corrected chi connectivity index (χ3v) is 7.98. The van der Waals surface area contributed by atoms with Crippen LogP contribution in [0.1, 0.15) is 48.9 Å². The van der Waals surface area contributed by atoms with Gasteiger partial charge in [-0.1, -0.05) is 91.0 Å². The fourth-order valence-electron chi connectivity index (χ4n) is 5.49. The number of nitrogens with zero attached hydrogens (tertiary/aromatic N) is 1. The highest BCUT2D eigenvalue weighted by Gasteiger charge is 2.40.